The Kier molecular flexibility index (Phi) is 3.75. The average Bonchev–Trinajstić information content (AvgIpc) is 2.24. The molecule has 5 heteroatoms. The van der Waals surface area contributed by atoms with Crippen LogP contribution in [0.25, 0.3) is 0 Å². The van der Waals surface area contributed by atoms with Gasteiger partial charge in [-0.15, -0.1) is 0 Å². The molecule has 1 fully saturated rings. The van der Waals surface area contributed by atoms with Crippen LogP contribution in [0, 0.1) is 19.8 Å². The predicted octanol–water partition coefficient (Wildman–Crippen LogP) is 0.971. The molecule has 0 atom stereocenters. The average molecular weight is 262 g/mol. The number of anilines is 1. The van der Waals surface area contributed by atoms with Crippen LogP contribution in [0.2, 0.25) is 0 Å². The minimum atomic E-state index is -0.419. The molecule has 1 aromatic rings. The van der Waals surface area contributed by atoms with Gasteiger partial charge in [-0.25, -0.2) is 4.98 Å². The summed E-state index contributed by atoms with van der Waals surface area (Å²) in [5, 5.41) is 0. The Morgan fingerprint density at radius 3 is 2.63 bits per heavy atom. The van der Waals surface area contributed by atoms with Gasteiger partial charge in [-0.2, -0.15) is 0 Å². The van der Waals surface area contributed by atoms with E-state index in [0.717, 1.165) is 30.6 Å². The molecule has 0 aliphatic heterocycles. The van der Waals surface area contributed by atoms with Crippen molar-refractivity contribution in [1.29, 1.82) is 0 Å². The lowest BCUT2D eigenvalue weighted by molar-refractivity contribution is 0.0999. The third kappa shape index (κ3) is 2.87. The molecule has 1 aliphatic rings. The highest BCUT2D eigenvalue weighted by molar-refractivity contribution is 5.99. The van der Waals surface area contributed by atoms with E-state index in [0.29, 0.717) is 23.3 Å². The summed E-state index contributed by atoms with van der Waals surface area (Å²) in [5.41, 5.74) is 13.6. The minimum Gasteiger partial charge on any atom is -0.365 e. The molecule has 0 saturated heterocycles. The normalized spacial score (nSPS) is 21.9. The molecule has 1 saturated carbocycles. The van der Waals surface area contributed by atoms with Crippen molar-refractivity contribution in [2.75, 3.05) is 18.5 Å². The highest BCUT2D eigenvalue weighted by Crippen LogP contribution is 2.29. The second kappa shape index (κ2) is 5.17. The van der Waals surface area contributed by atoms with Crippen LogP contribution in [0.5, 0.6) is 0 Å². The summed E-state index contributed by atoms with van der Waals surface area (Å²) in [4.78, 5) is 18.1. The summed E-state index contributed by atoms with van der Waals surface area (Å²) < 4.78 is 0. The van der Waals surface area contributed by atoms with Crippen molar-refractivity contribution in [3.05, 3.63) is 22.9 Å². The summed E-state index contributed by atoms with van der Waals surface area (Å²) >= 11 is 0. The van der Waals surface area contributed by atoms with Gasteiger partial charge < -0.3 is 16.4 Å². The van der Waals surface area contributed by atoms with E-state index in [1.54, 1.807) is 0 Å². The topological polar surface area (TPSA) is 85.2 Å². The first kappa shape index (κ1) is 13.8. The molecule has 1 heterocycles. The number of aryl methyl sites for hydroxylation is 2. The first-order chi connectivity index (χ1) is 8.88. The van der Waals surface area contributed by atoms with Gasteiger partial charge in [0.25, 0.3) is 5.91 Å². The van der Waals surface area contributed by atoms with Gasteiger partial charge in [-0.3, -0.25) is 4.79 Å². The van der Waals surface area contributed by atoms with Gasteiger partial charge in [0.1, 0.15) is 5.82 Å². The molecule has 4 N–H and O–H groups in total. The summed E-state index contributed by atoms with van der Waals surface area (Å²) in [6, 6.07) is 2.22. The van der Waals surface area contributed by atoms with Crippen LogP contribution in [0.3, 0.4) is 0 Å². The lowest BCUT2D eigenvalue weighted by Crippen LogP contribution is -2.42. The predicted molar refractivity (Wildman–Crippen MR) is 76.2 cm³/mol. The first-order valence-corrected chi connectivity index (χ1v) is 6.63. The summed E-state index contributed by atoms with van der Waals surface area (Å²) in [5.74, 6) is 0.853. The van der Waals surface area contributed by atoms with Gasteiger partial charge in [0.2, 0.25) is 0 Å². The maximum atomic E-state index is 11.6. The number of carbonyl (C=O) groups is 1. The molecule has 19 heavy (non-hydrogen) atoms. The summed E-state index contributed by atoms with van der Waals surface area (Å²) in [6.45, 7) is 4.68. The second-order valence-corrected chi connectivity index (χ2v) is 5.62. The van der Waals surface area contributed by atoms with Crippen LogP contribution < -0.4 is 16.4 Å². The van der Waals surface area contributed by atoms with Gasteiger partial charge in [0.15, 0.2) is 0 Å². The lowest BCUT2D eigenvalue weighted by Gasteiger charge is -2.36. The fraction of sp³-hybridized carbons (Fsp3) is 0.571. The molecule has 1 aliphatic carbocycles. The number of nitrogens with zero attached hydrogens (tertiary/aromatic N) is 2. The quantitative estimate of drug-likeness (QED) is 0.846. The molecule has 2 rings (SSSR count). The molecule has 1 amide bonds. The fourth-order valence-electron chi connectivity index (χ4n) is 2.81. The van der Waals surface area contributed by atoms with E-state index in [1.807, 2.05) is 31.9 Å². The maximum absolute atomic E-state index is 11.6. The number of nitrogens with two attached hydrogens (primary N) is 2. The van der Waals surface area contributed by atoms with Crippen molar-refractivity contribution in [2.24, 2.45) is 17.4 Å². The molecule has 0 spiro atoms. The van der Waals surface area contributed by atoms with Gasteiger partial charge >= 0.3 is 0 Å². The van der Waals surface area contributed by atoms with Gasteiger partial charge in [0.05, 0.1) is 5.56 Å². The molecule has 0 radical (unpaired) electrons. The number of amides is 1. The lowest BCUT2D eigenvalue weighted by atomic mass is 9.80. The Morgan fingerprint density at radius 1 is 1.47 bits per heavy atom. The number of aromatic nitrogens is 1. The highest BCUT2D eigenvalue weighted by atomic mass is 16.1. The molecule has 0 unspecified atom stereocenters. The third-order valence-corrected chi connectivity index (χ3v) is 3.74. The van der Waals surface area contributed by atoms with Crippen LogP contribution in [0.4, 0.5) is 5.82 Å². The Labute approximate surface area is 114 Å². The van der Waals surface area contributed by atoms with E-state index >= 15 is 0 Å². The van der Waals surface area contributed by atoms with Crippen molar-refractivity contribution in [3.63, 3.8) is 0 Å². The Bertz CT molecular complexity index is 494. The zero-order valence-electron chi connectivity index (χ0n) is 11.8. The maximum Gasteiger partial charge on any atom is 0.252 e. The molecule has 104 valence electrons. The molecule has 5 nitrogen and oxygen atoms in total. The SMILES string of the molecule is Cc1cc(C)c(C(N)=O)c(N(C)CC2CC(N)C2)n1. The number of hydrogen-bond acceptors (Lipinski definition) is 4. The van der Waals surface area contributed by atoms with Crippen molar-refractivity contribution in [2.45, 2.75) is 32.7 Å². The van der Waals surface area contributed by atoms with Crippen LogP contribution in [-0.4, -0.2) is 30.5 Å². The van der Waals surface area contributed by atoms with E-state index in [2.05, 4.69) is 4.98 Å². The first-order valence-electron chi connectivity index (χ1n) is 6.63. The number of carbonyl (C=O) groups excluding carboxylic acids is 1. The van der Waals surface area contributed by atoms with E-state index in [9.17, 15) is 4.79 Å². The summed E-state index contributed by atoms with van der Waals surface area (Å²) in [6.07, 6.45) is 2.09. The van der Waals surface area contributed by atoms with E-state index in [-0.39, 0.29) is 0 Å². The molecular weight excluding hydrogens is 240 g/mol. The Balaban J connectivity index is 2.24. The van der Waals surface area contributed by atoms with Crippen LogP contribution in [-0.2, 0) is 0 Å². The number of rotatable bonds is 4. The standard InChI is InChI=1S/C14H22N4O/c1-8-4-9(2)17-14(12(8)13(16)19)18(3)7-10-5-11(15)6-10/h4,10-11H,5-7,15H2,1-3H3,(H2,16,19). The van der Waals surface area contributed by atoms with E-state index < -0.39 is 5.91 Å². The highest BCUT2D eigenvalue weighted by Gasteiger charge is 2.28. The molecule has 0 aromatic carbocycles. The van der Waals surface area contributed by atoms with Crippen molar-refractivity contribution in [3.8, 4) is 0 Å². The van der Waals surface area contributed by atoms with Gasteiger partial charge in [0, 0.05) is 25.3 Å². The fourth-order valence-corrected chi connectivity index (χ4v) is 2.81. The third-order valence-electron chi connectivity index (χ3n) is 3.74. The smallest absolute Gasteiger partial charge is 0.252 e. The minimum absolute atomic E-state index is 0.334. The Hall–Kier alpha value is -1.62. The number of primary amides is 1. The summed E-state index contributed by atoms with van der Waals surface area (Å²) in [7, 11) is 1.96. The second-order valence-electron chi connectivity index (χ2n) is 5.62. The zero-order chi connectivity index (χ0) is 14.2. The van der Waals surface area contributed by atoms with Crippen LogP contribution in [0.1, 0.15) is 34.5 Å². The van der Waals surface area contributed by atoms with Crippen LogP contribution in [0.15, 0.2) is 6.07 Å². The molecule has 1 aromatic heterocycles. The number of hydrogen-bond donors (Lipinski definition) is 2. The van der Waals surface area contributed by atoms with E-state index in [1.165, 1.54) is 0 Å². The Morgan fingerprint density at radius 2 is 2.11 bits per heavy atom. The van der Waals surface area contributed by atoms with Crippen LogP contribution >= 0.6 is 0 Å². The van der Waals surface area contributed by atoms with Crippen molar-refractivity contribution >= 4 is 11.7 Å². The van der Waals surface area contributed by atoms with Gasteiger partial charge in [-0.1, -0.05) is 0 Å². The zero-order valence-corrected chi connectivity index (χ0v) is 11.8. The molecule has 0 bridgehead atoms. The van der Waals surface area contributed by atoms with Crippen molar-refractivity contribution < 1.29 is 4.79 Å². The largest absolute Gasteiger partial charge is 0.365 e. The number of pyridine rings is 1. The van der Waals surface area contributed by atoms with E-state index in [4.69, 9.17) is 11.5 Å². The van der Waals surface area contributed by atoms with Gasteiger partial charge in [-0.05, 0) is 44.2 Å². The monoisotopic (exact) mass is 262 g/mol. The molecular formula is C14H22N4O. The van der Waals surface area contributed by atoms with Crippen molar-refractivity contribution in [1.82, 2.24) is 4.98 Å².